The molecule has 1 heterocycles. The summed E-state index contributed by atoms with van der Waals surface area (Å²) in [4.78, 5) is 30.6. The molecule has 0 fully saturated rings. The maximum absolute atomic E-state index is 13.4. The van der Waals surface area contributed by atoms with Gasteiger partial charge >= 0.3 is 0 Å². The van der Waals surface area contributed by atoms with Crippen LogP contribution in [0.4, 0.5) is 5.69 Å². The monoisotopic (exact) mass is 445 g/mol. The number of benzene rings is 3. The summed E-state index contributed by atoms with van der Waals surface area (Å²) in [6, 6.07) is 20.3. The van der Waals surface area contributed by atoms with Crippen molar-refractivity contribution < 1.29 is 9.53 Å². The normalized spacial score (nSPS) is 10.8. The van der Waals surface area contributed by atoms with Gasteiger partial charge in [0.25, 0.3) is 5.56 Å². The maximum Gasteiger partial charge on any atom is 0.266 e. The SMILES string of the molecule is COc1ccc(NC(=O)CSc2nc3ccccc3c(=O)n2-c2cc(C)cc(C)c2)cc1. The Hall–Kier alpha value is -3.58. The second kappa shape index (κ2) is 9.28. The van der Waals surface area contributed by atoms with Crippen molar-refractivity contribution in [1.29, 1.82) is 0 Å². The van der Waals surface area contributed by atoms with Crippen LogP contribution in [0.3, 0.4) is 0 Å². The lowest BCUT2D eigenvalue weighted by Gasteiger charge is -2.14. The van der Waals surface area contributed by atoms with Crippen molar-refractivity contribution in [2.24, 2.45) is 0 Å². The van der Waals surface area contributed by atoms with Crippen LogP contribution in [0.15, 0.2) is 76.7 Å². The number of fused-ring (bicyclic) bond motifs is 1. The molecule has 4 aromatic rings. The molecule has 0 aliphatic carbocycles. The van der Waals surface area contributed by atoms with E-state index in [1.165, 1.54) is 11.8 Å². The number of nitrogens with zero attached hydrogens (tertiary/aromatic N) is 2. The zero-order valence-corrected chi connectivity index (χ0v) is 18.9. The first-order chi connectivity index (χ1) is 15.4. The van der Waals surface area contributed by atoms with Gasteiger partial charge in [0.2, 0.25) is 5.91 Å². The number of anilines is 1. The van der Waals surface area contributed by atoms with Crippen LogP contribution in [0.1, 0.15) is 11.1 Å². The van der Waals surface area contributed by atoms with Gasteiger partial charge in [-0.3, -0.25) is 14.2 Å². The number of rotatable bonds is 6. The van der Waals surface area contributed by atoms with E-state index in [0.29, 0.717) is 21.7 Å². The molecule has 0 aliphatic heterocycles. The minimum Gasteiger partial charge on any atom is -0.497 e. The highest BCUT2D eigenvalue weighted by atomic mass is 32.2. The minimum atomic E-state index is -0.186. The molecule has 0 unspecified atom stereocenters. The summed E-state index contributed by atoms with van der Waals surface area (Å²) in [7, 11) is 1.59. The number of para-hydroxylation sites is 1. The summed E-state index contributed by atoms with van der Waals surface area (Å²) in [5, 5.41) is 3.88. The van der Waals surface area contributed by atoms with Crippen LogP contribution < -0.4 is 15.6 Å². The molecule has 1 N–H and O–H groups in total. The Kier molecular flexibility index (Phi) is 6.28. The van der Waals surface area contributed by atoms with E-state index in [-0.39, 0.29) is 17.2 Å². The molecule has 6 nitrogen and oxygen atoms in total. The number of aromatic nitrogens is 2. The Labute approximate surface area is 190 Å². The topological polar surface area (TPSA) is 73.2 Å². The molecule has 1 amide bonds. The number of nitrogens with one attached hydrogen (secondary N) is 1. The molecule has 0 saturated heterocycles. The van der Waals surface area contributed by atoms with Crippen molar-refractivity contribution in [3.8, 4) is 11.4 Å². The average Bonchev–Trinajstić information content (AvgIpc) is 2.77. The van der Waals surface area contributed by atoms with Crippen LogP contribution >= 0.6 is 11.8 Å². The van der Waals surface area contributed by atoms with Gasteiger partial charge in [0.15, 0.2) is 5.16 Å². The van der Waals surface area contributed by atoms with E-state index in [1.807, 2.05) is 44.2 Å². The number of hydrogen-bond acceptors (Lipinski definition) is 5. The fraction of sp³-hybridized carbons (Fsp3) is 0.160. The Morgan fingerprint density at radius 2 is 1.72 bits per heavy atom. The second-order valence-electron chi connectivity index (χ2n) is 7.46. The van der Waals surface area contributed by atoms with Gasteiger partial charge in [-0.1, -0.05) is 30.0 Å². The van der Waals surface area contributed by atoms with Gasteiger partial charge in [-0.05, 0) is 73.5 Å². The van der Waals surface area contributed by atoms with Gasteiger partial charge in [0.05, 0.1) is 29.5 Å². The smallest absolute Gasteiger partial charge is 0.266 e. The van der Waals surface area contributed by atoms with E-state index in [0.717, 1.165) is 22.6 Å². The van der Waals surface area contributed by atoms with Crippen LogP contribution in [0.25, 0.3) is 16.6 Å². The summed E-state index contributed by atoms with van der Waals surface area (Å²) in [5.41, 5.74) is 3.97. The second-order valence-corrected chi connectivity index (χ2v) is 8.41. The number of methoxy groups -OCH3 is 1. The molecule has 0 atom stereocenters. The summed E-state index contributed by atoms with van der Waals surface area (Å²) < 4.78 is 6.73. The highest BCUT2D eigenvalue weighted by molar-refractivity contribution is 7.99. The van der Waals surface area contributed by atoms with Crippen LogP contribution in [-0.2, 0) is 4.79 Å². The summed E-state index contributed by atoms with van der Waals surface area (Å²) >= 11 is 1.23. The van der Waals surface area contributed by atoms with Crippen molar-refractivity contribution in [2.45, 2.75) is 19.0 Å². The van der Waals surface area contributed by atoms with Crippen molar-refractivity contribution >= 4 is 34.3 Å². The molecule has 32 heavy (non-hydrogen) atoms. The number of carbonyl (C=O) groups excluding carboxylic acids is 1. The van der Waals surface area contributed by atoms with Gasteiger partial charge in [0, 0.05) is 5.69 Å². The van der Waals surface area contributed by atoms with Crippen LogP contribution in [-0.4, -0.2) is 28.3 Å². The molecule has 0 bridgehead atoms. The summed E-state index contributed by atoms with van der Waals surface area (Å²) in [6.07, 6.45) is 0. The molecule has 1 aromatic heterocycles. The first kappa shape index (κ1) is 21.6. The van der Waals surface area contributed by atoms with E-state index in [4.69, 9.17) is 9.72 Å². The molecule has 7 heteroatoms. The lowest BCUT2D eigenvalue weighted by molar-refractivity contribution is -0.113. The Morgan fingerprint density at radius 1 is 1.03 bits per heavy atom. The highest BCUT2D eigenvalue weighted by Crippen LogP contribution is 2.23. The van der Waals surface area contributed by atoms with Gasteiger partial charge in [-0.25, -0.2) is 4.98 Å². The number of thioether (sulfide) groups is 1. The van der Waals surface area contributed by atoms with Crippen molar-refractivity contribution in [1.82, 2.24) is 9.55 Å². The number of aryl methyl sites for hydroxylation is 2. The van der Waals surface area contributed by atoms with Gasteiger partial charge in [-0.15, -0.1) is 0 Å². The number of carbonyl (C=O) groups is 1. The third kappa shape index (κ3) is 4.68. The lowest BCUT2D eigenvalue weighted by Crippen LogP contribution is -2.23. The minimum absolute atomic E-state index is 0.113. The number of amides is 1. The van der Waals surface area contributed by atoms with Crippen LogP contribution in [0.2, 0.25) is 0 Å². The molecule has 0 aliphatic rings. The Morgan fingerprint density at radius 3 is 2.41 bits per heavy atom. The van der Waals surface area contributed by atoms with E-state index in [2.05, 4.69) is 11.4 Å². The van der Waals surface area contributed by atoms with Crippen LogP contribution in [0.5, 0.6) is 5.75 Å². The largest absolute Gasteiger partial charge is 0.497 e. The Balaban J connectivity index is 1.66. The Bertz CT molecular complexity index is 1330. The van der Waals surface area contributed by atoms with Crippen molar-refractivity contribution in [3.63, 3.8) is 0 Å². The van der Waals surface area contributed by atoms with Crippen molar-refractivity contribution in [2.75, 3.05) is 18.2 Å². The number of hydrogen-bond donors (Lipinski definition) is 1. The molecular formula is C25H23N3O3S. The predicted molar refractivity (Wildman–Crippen MR) is 129 cm³/mol. The fourth-order valence-corrected chi connectivity index (χ4v) is 4.33. The first-order valence-electron chi connectivity index (χ1n) is 10.1. The maximum atomic E-state index is 13.4. The molecule has 0 saturated carbocycles. The quantitative estimate of drug-likeness (QED) is 0.343. The third-order valence-electron chi connectivity index (χ3n) is 4.92. The fourth-order valence-electron chi connectivity index (χ4n) is 3.52. The average molecular weight is 446 g/mol. The summed E-state index contributed by atoms with van der Waals surface area (Å²) in [5.74, 6) is 0.645. The standard InChI is InChI=1S/C25H23N3O3S/c1-16-12-17(2)14-19(13-16)28-24(30)21-6-4-5-7-22(21)27-25(28)32-15-23(29)26-18-8-10-20(31-3)11-9-18/h4-14H,15H2,1-3H3,(H,26,29). The van der Waals surface area contributed by atoms with E-state index in [1.54, 1.807) is 42.0 Å². The van der Waals surface area contributed by atoms with E-state index in [9.17, 15) is 9.59 Å². The molecular weight excluding hydrogens is 422 g/mol. The van der Waals surface area contributed by atoms with Gasteiger partial charge in [0.1, 0.15) is 5.75 Å². The van der Waals surface area contributed by atoms with E-state index >= 15 is 0 Å². The van der Waals surface area contributed by atoms with Crippen molar-refractivity contribution in [3.05, 3.63) is 88.2 Å². The van der Waals surface area contributed by atoms with E-state index < -0.39 is 0 Å². The van der Waals surface area contributed by atoms with Gasteiger partial charge in [-0.2, -0.15) is 0 Å². The third-order valence-corrected chi connectivity index (χ3v) is 5.85. The highest BCUT2D eigenvalue weighted by Gasteiger charge is 2.15. The zero-order chi connectivity index (χ0) is 22.7. The lowest BCUT2D eigenvalue weighted by atomic mass is 10.1. The molecule has 0 radical (unpaired) electrons. The van der Waals surface area contributed by atoms with Gasteiger partial charge < -0.3 is 10.1 Å². The predicted octanol–water partition coefficient (Wildman–Crippen LogP) is 4.74. The molecule has 0 spiro atoms. The van der Waals surface area contributed by atoms with Crippen LogP contribution in [0, 0.1) is 13.8 Å². The molecule has 4 rings (SSSR count). The number of ether oxygens (including phenoxy) is 1. The zero-order valence-electron chi connectivity index (χ0n) is 18.1. The molecule has 162 valence electrons. The molecule has 3 aromatic carbocycles. The first-order valence-corrected chi connectivity index (χ1v) is 11.1. The summed E-state index contributed by atoms with van der Waals surface area (Å²) in [6.45, 7) is 3.98.